The zero-order valence-electron chi connectivity index (χ0n) is 17.5. The molecule has 2 aromatic carbocycles. The quantitative estimate of drug-likeness (QED) is 0.641. The zero-order valence-corrected chi connectivity index (χ0v) is 18.3. The summed E-state index contributed by atoms with van der Waals surface area (Å²) in [5, 5.41) is 0.548. The van der Waals surface area contributed by atoms with E-state index in [1.165, 1.54) is 11.8 Å². The highest BCUT2D eigenvalue weighted by Gasteiger charge is 2.45. The minimum atomic E-state index is -0.755. The molecular weight excluding hydrogens is 416 g/mol. The van der Waals surface area contributed by atoms with Gasteiger partial charge in [-0.25, -0.2) is 9.79 Å². The molecule has 0 aromatic heterocycles. The van der Waals surface area contributed by atoms with Gasteiger partial charge in [-0.05, 0) is 25.1 Å². The van der Waals surface area contributed by atoms with Crippen molar-refractivity contribution in [2.24, 2.45) is 4.99 Å². The fourth-order valence-corrected chi connectivity index (χ4v) is 4.60. The fourth-order valence-electron chi connectivity index (χ4n) is 3.71. The molecule has 0 spiro atoms. The van der Waals surface area contributed by atoms with E-state index in [-0.39, 0.29) is 18.3 Å². The van der Waals surface area contributed by atoms with E-state index in [9.17, 15) is 9.59 Å². The van der Waals surface area contributed by atoms with Gasteiger partial charge in [-0.3, -0.25) is 9.69 Å². The maximum Gasteiger partial charge on any atom is 0.338 e. The number of thioether (sulfide) groups is 1. The topological polar surface area (TPSA) is 77.4 Å². The largest absolute Gasteiger partial charge is 0.497 e. The van der Waals surface area contributed by atoms with Gasteiger partial charge >= 0.3 is 5.97 Å². The summed E-state index contributed by atoms with van der Waals surface area (Å²) in [7, 11) is 3.11. The average Bonchev–Trinajstić information content (AvgIpc) is 3.18. The number of fused-ring (bicyclic) bond motifs is 1. The van der Waals surface area contributed by atoms with Gasteiger partial charge in [0.15, 0.2) is 5.17 Å². The maximum atomic E-state index is 13.2. The number of nitrogens with zero attached hydrogens (tertiary/aromatic N) is 2. The second-order valence-corrected chi connectivity index (χ2v) is 7.75. The Morgan fingerprint density at radius 1 is 1.16 bits per heavy atom. The molecule has 0 unspecified atom stereocenters. The molecule has 8 heteroatoms. The third kappa shape index (κ3) is 3.79. The van der Waals surface area contributed by atoms with E-state index in [0.717, 1.165) is 5.56 Å². The van der Waals surface area contributed by atoms with E-state index < -0.39 is 12.0 Å². The van der Waals surface area contributed by atoms with E-state index in [2.05, 4.69) is 0 Å². The summed E-state index contributed by atoms with van der Waals surface area (Å²) in [5.74, 6) is 0.714. The van der Waals surface area contributed by atoms with Crippen LogP contribution in [-0.4, -0.2) is 48.5 Å². The van der Waals surface area contributed by atoms with E-state index in [1.807, 2.05) is 30.3 Å². The Labute approximate surface area is 184 Å². The summed E-state index contributed by atoms with van der Waals surface area (Å²) in [6, 6.07) is 14.0. The number of rotatable bonds is 6. The Bertz CT molecular complexity index is 1080. The van der Waals surface area contributed by atoms with Crippen LogP contribution in [0.5, 0.6) is 11.5 Å². The van der Waals surface area contributed by atoms with Crippen LogP contribution >= 0.6 is 11.8 Å². The molecule has 2 heterocycles. The number of hydrogen-bond donors (Lipinski definition) is 0. The van der Waals surface area contributed by atoms with Crippen molar-refractivity contribution in [3.8, 4) is 11.5 Å². The molecule has 1 fully saturated rings. The Kier molecular flexibility index (Phi) is 5.99. The first-order chi connectivity index (χ1) is 15.1. The summed E-state index contributed by atoms with van der Waals surface area (Å²) >= 11 is 1.35. The minimum absolute atomic E-state index is 0.132. The highest BCUT2D eigenvalue weighted by atomic mass is 32.2. The molecule has 0 saturated carbocycles. The lowest BCUT2D eigenvalue weighted by atomic mass is 9.91. The van der Waals surface area contributed by atoms with Crippen molar-refractivity contribution in [1.29, 1.82) is 0 Å². The summed E-state index contributed by atoms with van der Waals surface area (Å²) in [6.07, 6.45) is 0. The highest BCUT2D eigenvalue weighted by molar-refractivity contribution is 8.15. The monoisotopic (exact) mass is 438 g/mol. The first-order valence-electron chi connectivity index (χ1n) is 9.81. The van der Waals surface area contributed by atoms with Gasteiger partial charge in [0.25, 0.3) is 0 Å². The van der Waals surface area contributed by atoms with Crippen LogP contribution in [0, 0.1) is 0 Å². The second-order valence-electron chi connectivity index (χ2n) is 6.81. The molecule has 0 N–H and O–H groups in total. The first-order valence-corrected chi connectivity index (χ1v) is 10.8. The molecule has 0 aliphatic carbocycles. The Hall–Kier alpha value is -3.26. The van der Waals surface area contributed by atoms with Crippen LogP contribution in [0.15, 0.2) is 59.1 Å². The maximum absolute atomic E-state index is 13.2. The normalized spacial score (nSPS) is 17.9. The van der Waals surface area contributed by atoms with Crippen molar-refractivity contribution in [2.75, 3.05) is 26.6 Å². The lowest BCUT2D eigenvalue weighted by Gasteiger charge is -2.34. The molecule has 160 valence electrons. The van der Waals surface area contributed by atoms with Crippen LogP contribution in [0.2, 0.25) is 0 Å². The lowest BCUT2D eigenvalue weighted by Crippen LogP contribution is -2.39. The SMILES string of the molecule is CCOC(=O)C1=C(c2ccccc2)N=C2SCC(=O)N2[C@@H]1c1cc(OC)ccc1OC. The molecule has 2 aliphatic heterocycles. The second kappa shape index (κ2) is 8.85. The van der Waals surface area contributed by atoms with Crippen molar-refractivity contribution < 1.29 is 23.8 Å². The van der Waals surface area contributed by atoms with Crippen LogP contribution in [0.25, 0.3) is 5.70 Å². The van der Waals surface area contributed by atoms with Crippen LogP contribution in [0.3, 0.4) is 0 Å². The number of ether oxygens (including phenoxy) is 3. The Morgan fingerprint density at radius 2 is 1.94 bits per heavy atom. The van der Waals surface area contributed by atoms with Gasteiger partial charge in [-0.1, -0.05) is 42.1 Å². The zero-order chi connectivity index (χ0) is 22.0. The number of methoxy groups -OCH3 is 2. The van der Waals surface area contributed by atoms with Crippen molar-refractivity contribution in [3.05, 3.63) is 65.2 Å². The van der Waals surface area contributed by atoms with Gasteiger partial charge in [0.05, 0.1) is 37.8 Å². The van der Waals surface area contributed by atoms with Crippen LogP contribution in [-0.2, 0) is 14.3 Å². The average molecular weight is 439 g/mol. The number of aliphatic imine (C=N–C) groups is 1. The van der Waals surface area contributed by atoms with Gasteiger partial charge in [0, 0.05) is 11.1 Å². The third-order valence-corrected chi connectivity index (χ3v) is 6.01. The first kappa shape index (κ1) is 21.0. The molecule has 1 atom stereocenters. The minimum Gasteiger partial charge on any atom is -0.497 e. The number of carbonyl (C=O) groups excluding carboxylic acids is 2. The predicted octanol–water partition coefficient (Wildman–Crippen LogP) is 3.66. The summed E-state index contributed by atoms with van der Waals surface area (Å²) in [6.45, 7) is 1.95. The van der Waals surface area contributed by atoms with Gasteiger partial charge in [0.2, 0.25) is 5.91 Å². The Balaban J connectivity index is 2.02. The number of esters is 1. The number of amidine groups is 1. The van der Waals surface area contributed by atoms with Crippen molar-refractivity contribution in [2.45, 2.75) is 13.0 Å². The van der Waals surface area contributed by atoms with E-state index in [4.69, 9.17) is 19.2 Å². The number of benzene rings is 2. The van der Waals surface area contributed by atoms with Gasteiger partial charge < -0.3 is 14.2 Å². The molecule has 31 heavy (non-hydrogen) atoms. The molecule has 7 nitrogen and oxygen atoms in total. The summed E-state index contributed by atoms with van der Waals surface area (Å²) < 4.78 is 16.4. The van der Waals surface area contributed by atoms with E-state index >= 15 is 0 Å². The van der Waals surface area contributed by atoms with Crippen LogP contribution in [0.1, 0.15) is 24.1 Å². The number of hydrogen-bond acceptors (Lipinski definition) is 7. The summed E-state index contributed by atoms with van der Waals surface area (Å²) in [5.41, 5.74) is 2.17. The van der Waals surface area contributed by atoms with Gasteiger partial charge in [-0.2, -0.15) is 0 Å². The standard InChI is InChI=1S/C23H22N2O5S/c1-4-30-22(27)19-20(14-8-6-5-7-9-14)24-23-25(18(26)13-31-23)21(19)16-12-15(28-2)10-11-17(16)29-3/h5-12,21H,4,13H2,1-3H3/t21-/m1/s1. The molecule has 2 aliphatic rings. The van der Waals surface area contributed by atoms with Crippen molar-refractivity contribution in [3.63, 3.8) is 0 Å². The number of amides is 1. The predicted molar refractivity (Wildman–Crippen MR) is 119 cm³/mol. The highest BCUT2D eigenvalue weighted by Crippen LogP contribution is 2.46. The fraction of sp³-hybridized carbons (Fsp3) is 0.261. The van der Waals surface area contributed by atoms with Crippen molar-refractivity contribution >= 4 is 34.5 Å². The Morgan fingerprint density at radius 3 is 2.61 bits per heavy atom. The molecule has 0 bridgehead atoms. The smallest absolute Gasteiger partial charge is 0.338 e. The number of carbonyl (C=O) groups is 2. The van der Waals surface area contributed by atoms with Crippen LogP contribution in [0.4, 0.5) is 0 Å². The molecule has 1 amide bonds. The van der Waals surface area contributed by atoms with Crippen LogP contribution < -0.4 is 9.47 Å². The molecular formula is C23H22N2O5S. The van der Waals surface area contributed by atoms with Gasteiger partial charge in [-0.15, -0.1) is 0 Å². The third-order valence-electron chi connectivity index (χ3n) is 5.07. The van der Waals surface area contributed by atoms with E-state index in [0.29, 0.717) is 33.5 Å². The molecule has 4 rings (SSSR count). The molecule has 0 radical (unpaired) electrons. The van der Waals surface area contributed by atoms with Gasteiger partial charge in [0.1, 0.15) is 17.5 Å². The van der Waals surface area contributed by atoms with Crippen molar-refractivity contribution in [1.82, 2.24) is 4.90 Å². The molecule has 2 aromatic rings. The van der Waals surface area contributed by atoms with E-state index in [1.54, 1.807) is 44.2 Å². The summed E-state index contributed by atoms with van der Waals surface area (Å²) in [4.78, 5) is 32.4. The molecule has 1 saturated heterocycles. The lowest BCUT2D eigenvalue weighted by molar-refractivity contribution is -0.139.